The molecule has 0 radical (unpaired) electrons. The lowest BCUT2D eigenvalue weighted by molar-refractivity contribution is 0.601. The summed E-state index contributed by atoms with van der Waals surface area (Å²) in [7, 11) is -3.69. The number of nitrogens with one attached hydrogen (secondary N) is 2. The highest BCUT2D eigenvalue weighted by Gasteiger charge is 2.19. The van der Waals surface area contributed by atoms with Crippen molar-refractivity contribution >= 4 is 37.3 Å². The smallest absolute Gasteiger partial charge is 0.265 e. The van der Waals surface area contributed by atoms with Crippen LogP contribution in [0.2, 0.25) is 0 Å². The van der Waals surface area contributed by atoms with E-state index in [0.717, 1.165) is 10.0 Å². The molecule has 0 saturated heterocycles. The molecule has 5 nitrogen and oxygen atoms in total. The van der Waals surface area contributed by atoms with E-state index in [1.165, 1.54) is 6.20 Å². The van der Waals surface area contributed by atoms with E-state index >= 15 is 0 Å². The van der Waals surface area contributed by atoms with Crippen LogP contribution >= 0.6 is 15.9 Å². The maximum atomic E-state index is 12.5. The topological polar surface area (TPSA) is 71.1 Å². The van der Waals surface area contributed by atoms with Crippen LogP contribution in [0.15, 0.2) is 46.0 Å². The Hall–Kier alpha value is -1.60. The Morgan fingerprint density at radius 1 is 1.29 bits per heavy atom. The first kappa shape index (κ1) is 15.8. The fourth-order valence-corrected chi connectivity index (χ4v) is 3.27. The zero-order chi connectivity index (χ0) is 15.5. The van der Waals surface area contributed by atoms with E-state index in [1.807, 2.05) is 19.9 Å². The average molecular weight is 370 g/mol. The molecule has 0 aliphatic rings. The summed E-state index contributed by atoms with van der Waals surface area (Å²) in [5.41, 5.74) is 2.00. The van der Waals surface area contributed by atoms with Crippen molar-refractivity contribution in [2.75, 3.05) is 16.6 Å². The summed E-state index contributed by atoms with van der Waals surface area (Å²) in [6, 6.07) is 6.93. The maximum absolute atomic E-state index is 12.5. The first-order chi connectivity index (χ1) is 9.94. The standard InChI is InChI=1S/C14H16BrN3O2S/c1-3-17-13-6-7-16-9-14(13)21(19,20)18-11-4-5-12(15)10(2)8-11/h4-9,18H,3H2,1-2H3,(H,16,17). The maximum Gasteiger partial charge on any atom is 0.265 e. The number of hydrogen-bond donors (Lipinski definition) is 2. The van der Waals surface area contributed by atoms with Gasteiger partial charge in [-0.15, -0.1) is 0 Å². The van der Waals surface area contributed by atoms with Gasteiger partial charge in [-0.3, -0.25) is 9.71 Å². The number of pyridine rings is 1. The van der Waals surface area contributed by atoms with Gasteiger partial charge in [0.05, 0.1) is 5.69 Å². The zero-order valence-electron chi connectivity index (χ0n) is 11.7. The molecule has 2 rings (SSSR count). The van der Waals surface area contributed by atoms with E-state index in [9.17, 15) is 8.42 Å². The predicted molar refractivity (Wildman–Crippen MR) is 88.1 cm³/mol. The summed E-state index contributed by atoms with van der Waals surface area (Å²) in [6.07, 6.45) is 2.90. The van der Waals surface area contributed by atoms with E-state index < -0.39 is 10.0 Å². The molecule has 0 aliphatic heterocycles. The third-order valence-electron chi connectivity index (χ3n) is 2.85. The van der Waals surface area contributed by atoms with Crippen molar-refractivity contribution in [1.82, 2.24) is 4.98 Å². The van der Waals surface area contributed by atoms with Crippen molar-refractivity contribution in [1.29, 1.82) is 0 Å². The van der Waals surface area contributed by atoms with Crippen LogP contribution in [0.1, 0.15) is 12.5 Å². The minimum atomic E-state index is -3.69. The molecule has 0 bridgehead atoms. The van der Waals surface area contributed by atoms with Crippen LogP contribution < -0.4 is 10.0 Å². The van der Waals surface area contributed by atoms with Gasteiger partial charge >= 0.3 is 0 Å². The second-order valence-corrected chi connectivity index (χ2v) is 6.98. The van der Waals surface area contributed by atoms with Crippen LogP contribution in [-0.4, -0.2) is 19.9 Å². The van der Waals surface area contributed by atoms with Crippen LogP contribution in [0.4, 0.5) is 11.4 Å². The molecule has 2 aromatic rings. The number of aryl methyl sites for hydroxylation is 1. The van der Waals surface area contributed by atoms with Crippen LogP contribution in [0.3, 0.4) is 0 Å². The van der Waals surface area contributed by atoms with Crippen molar-refractivity contribution in [2.24, 2.45) is 0 Å². The molecule has 0 amide bonds. The Balaban J connectivity index is 2.36. The monoisotopic (exact) mass is 369 g/mol. The van der Waals surface area contributed by atoms with Gasteiger partial charge in [0, 0.05) is 29.1 Å². The largest absolute Gasteiger partial charge is 0.384 e. The third kappa shape index (κ3) is 3.74. The van der Waals surface area contributed by atoms with Gasteiger partial charge in [-0.2, -0.15) is 0 Å². The van der Waals surface area contributed by atoms with Gasteiger partial charge in [0.15, 0.2) is 0 Å². The Morgan fingerprint density at radius 2 is 2.05 bits per heavy atom. The van der Waals surface area contributed by atoms with Crippen molar-refractivity contribution < 1.29 is 8.42 Å². The van der Waals surface area contributed by atoms with E-state index in [4.69, 9.17) is 0 Å². The lowest BCUT2D eigenvalue weighted by Crippen LogP contribution is -2.15. The van der Waals surface area contributed by atoms with Crippen molar-refractivity contribution in [3.8, 4) is 0 Å². The highest BCUT2D eigenvalue weighted by atomic mass is 79.9. The van der Waals surface area contributed by atoms with Crippen LogP contribution in [0.25, 0.3) is 0 Å². The SMILES string of the molecule is CCNc1ccncc1S(=O)(=O)Nc1ccc(Br)c(C)c1. The Labute approximate surface area is 133 Å². The summed E-state index contributed by atoms with van der Waals surface area (Å²) in [4.78, 5) is 4.03. The van der Waals surface area contributed by atoms with E-state index in [0.29, 0.717) is 17.9 Å². The van der Waals surface area contributed by atoms with Crippen LogP contribution in [0, 0.1) is 6.92 Å². The predicted octanol–water partition coefficient (Wildman–Crippen LogP) is 3.39. The summed E-state index contributed by atoms with van der Waals surface area (Å²) >= 11 is 3.39. The summed E-state index contributed by atoms with van der Waals surface area (Å²) < 4.78 is 28.5. The number of benzene rings is 1. The molecule has 0 fully saturated rings. The fraction of sp³-hybridized carbons (Fsp3) is 0.214. The van der Waals surface area contributed by atoms with Gasteiger partial charge in [-0.1, -0.05) is 15.9 Å². The molecule has 21 heavy (non-hydrogen) atoms. The lowest BCUT2D eigenvalue weighted by atomic mass is 10.2. The number of aromatic nitrogens is 1. The molecule has 0 unspecified atom stereocenters. The minimum absolute atomic E-state index is 0.132. The Morgan fingerprint density at radius 3 is 2.71 bits per heavy atom. The number of halogens is 1. The average Bonchev–Trinajstić information content (AvgIpc) is 2.43. The van der Waals surface area contributed by atoms with E-state index in [-0.39, 0.29) is 4.90 Å². The number of rotatable bonds is 5. The molecular weight excluding hydrogens is 354 g/mol. The highest BCUT2D eigenvalue weighted by molar-refractivity contribution is 9.10. The molecule has 0 spiro atoms. The summed E-state index contributed by atoms with van der Waals surface area (Å²) in [5.74, 6) is 0. The number of nitrogens with zero attached hydrogens (tertiary/aromatic N) is 1. The third-order valence-corrected chi connectivity index (χ3v) is 5.15. The Kier molecular flexibility index (Phi) is 4.84. The highest BCUT2D eigenvalue weighted by Crippen LogP contribution is 2.25. The van der Waals surface area contributed by atoms with Gasteiger partial charge in [-0.05, 0) is 43.7 Å². The first-order valence-electron chi connectivity index (χ1n) is 6.41. The quantitative estimate of drug-likeness (QED) is 0.847. The first-order valence-corrected chi connectivity index (χ1v) is 8.68. The molecule has 0 aliphatic carbocycles. The van der Waals surface area contributed by atoms with Crippen molar-refractivity contribution in [3.05, 3.63) is 46.7 Å². The van der Waals surface area contributed by atoms with Crippen LogP contribution in [0.5, 0.6) is 0 Å². The zero-order valence-corrected chi connectivity index (χ0v) is 14.1. The number of hydrogen-bond acceptors (Lipinski definition) is 4. The summed E-state index contributed by atoms with van der Waals surface area (Å²) in [6.45, 7) is 4.43. The molecule has 0 atom stereocenters. The van der Waals surface area contributed by atoms with Crippen LogP contribution in [-0.2, 0) is 10.0 Å². The van der Waals surface area contributed by atoms with Crippen molar-refractivity contribution in [3.63, 3.8) is 0 Å². The second kappa shape index (κ2) is 6.44. The molecule has 0 saturated carbocycles. The van der Waals surface area contributed by atoms with Gasteiger partial charge in [0.2, 0.25) is 0 Å². The minimum Gasteiger partial charge on any atom is -0.384 e. The number of anilines is 2. The normalized spacial score (nSPS) is 11.2. The van der Waals surface area contributed by atoms with Gasteiger partial charge < -0.3 is 5.32 Å². The molecule has 1 aromatic carbocycles. The molecule has 1 aromatic heterocycles. The molecule has 112 valence electrons. The van der Waals surface area contributed by atoms with E-state index in [1.54, 1.807) is 24.4 Å². The molecular formula is C14H16BrN3O2S. The van der Waals surface area contributed by atoms with E-state index in [2.05, 4.69) is 31.0 Å². The van der Waals surface area contributed by atoms with Gasteiger partial charge in [0.1, 0.15) is 4.90 Å². The second-order valence-electron chi connectivity index (χ2n) is 4.47. The fourth-order valence-electron chi connectivity index (χ4n) is 1.85. The molecule has 1 heterocycles. The lowest BCUT2D eigenvalue weighted by Gasteiger charge is -2.13. The Bertz CT molecular complexity index is 748. The summed E-state index contributed by atoms with van der Waals surface area (Å²) in [5, 5.41) is 3.02. The van der Waals surface area contributed by atoms with Crippen molar-refractivity contribution in [2.45, 2.75) is 18.7 Å². The van der Waals surface area contributed by atoms with Gasteiger partial charge in [0.25, 0.3) is 10.0 Å². The van der Waals surface area contributed by atoms with Gasteiger partial charge in [-0.25, -0.2) is 8.42 Å². The molecule has 7 heteroatoms. The number of sulfonamides is 1. The molecule has 2 N–H and O–H groups in total.